The molecule has 1 aromatic heterocycles. The van der Waals surface area contributed by atoms with Crippen LogP contribution >= 0.6 is 34.9 Å². The van der Waals surface area contributed by atoms with E-state index < -0.39 is 26.0 Å². The van der Waals surface area contributed by atoms with Crippen LogP contribution in [0.1, 0.15) is 23.4 Å². The van der Waals surface area contributed by atoms with Gasteiger partial charge in [-0.15, -0.1) is 0 Å². The minimum atomic E-state index is -4.33. The minimum Gasteiger partial charge on any atom is -0.748 e. The Morgan fingerprint density at radius 1 is 0.605 bits per heavy atom. The van der Waals surface area contributed by atoms with Gasteiger partial charge in [0.25, 0.3) is 15.1 Å². The topological polar surface area (TPSA) is 171 Å². The number of allylic oxidation sites excluding steroid dienone is 5. The number of ether oxygens (including phenoxy) is 5. The van der Waals surface area contributed by atoms with E-state index in [1.807, 2.05) is 54.6 Å². The highest BCUT2D eigenvalue weighted by atomic mass is 32.2. The fourth-order valence-electron chi connectivity index (χ4n) is 10.1. The predicted octanol–water partition coefficient (Wildman–Crippen LogP) is 10.8. The molecular formula is C61H64N4O11S5. The summed E-state index contributed by atoms with van der Waals surface area (Å²) in [5.41, 5.74) is 10.2. The van der Waals surface area contributed by atoms with Gasteiger partial charge in [0.2, 0.25) is 5.52 Å². The number of para-hydroxylation sites is 2. The highest BCUT2D eigenvalue weighted by Gasteiger charge is 2.29. The number of aryl methyl sites for hydroxylation is 1. The summed E-state index contributed by atoms with van der Waals surface area (Å²) in [4.78, 5) is 8.90. The SMILES string of the molecule is O=S(=O)([O-])CCC[n+]1c(/C=C/C=C2/Sc3ccccc3N2CCOCCOCCOCCOCCOCCN2/C(=C\C=C=C3Sc4ccc5ccccc5c4N3CCCS(=O)(=O)O)Cc3ccccc32)sc2ccc3ccccc3c21. The molecule has 0 saturated heterocycles. The van der Waals surface area contributed by atoms with Crippen molar-refractivity contribution in [3.8, 4) is 0 Å². The molecule has 0 radical (unpaired) electrons. The van der Waals surface area contributed by atoms with Crippen LogP contribution in [0.2, 0.25) is 0 Å². The molecule has 15 nitrogen and oxygen atoms in total. The molecular weight excluding hydrogens is 1130 g/mol. The molecule has 0 fully saturated rings. The lowest BCUT2D eigenvalue weighted by atomic mass is 10.1. The molecule has 0 atom stereocenters. The van der Waals surface area contributed by atoms with Crippen LogP contribution in [0.3, 0.4) is 0 Å². The molecule has 6 aromatic carbocycles. The first-order chi connectivity index (χ1) is 39.5. The second-order valence-electron chi connectivity index (χ2n) is 19.2. The van der Waals surface area contributed by atoms with Gasteiger partial charge in [-0.3, -0.25) is 4.55 Å². The summed E-state index contributed by atoms with van der Waals surface area (Å²) in [5, 5.41) is 7.27. The van der Waals surface area contributed by atoms with Gasteiger partial charge in [0.15, 0.2) is 6.54 Å². The zero-order chi connectivity index (χ0) is 56.0. The zero-order valence-electron chi connectivity index (χ0n) is 44.7. The molecule has 424 valence electrons. The summed E-state index contributed by atoms with van der Waals surface area (Å²) in [5.74, 6) is -0.726. The highest BCUT2D eigenvalue weighted by Crippen LogP contribution is 2.49. The predicted molar refractivity (Wildman–Crippen MR) is 325 cm³/mol. The van der Waals surface area contributed by atoms with Crippen LogP contribution in [0.25, 0.3) is 37.8 Å². The molecule has 0 aliphatic carbocycles. The Bertz CT molecular complexity index is 3750. The van der Waals surface area contributed by atoms with Gasteiger partial charge in [-0.2, -0.15) is 13.0 Å². The van der Waals surface area contributed by atoms with Crippen molar-refractivity contribution in [3.63, 3.8) is 0 Å². The van der Waals surface area contributed by atoms with E-state index in [0.717, 1.165) is 80.9 Å². The van der Waals surface area contributed by atoms with Gasteiger partial charge in [-0.1, -0.05) is 132 Å². The molecule has 7 aromatic rings. The molecule has 0 amide bonds. The van der Waals surface area contributed by atoms with Gasteiger partial charge >= 0.3 is 0 Å². The molecule has 0 spiro atoms. The molecule has 0 unspecified atom stereocenters. The van der Waals surface area contributed by atoms with E-state index in [9.17, 15) is 25.9 Å². The van der Waals surface area contributed by atoms with Crippen molar-refractivity contribution < 1.29 is 54.2 Å². The highest BCUT2D eigenvalue weighted by molar-refractivity contribution is 8.04. The largest absolute Gasteiger partial charge is 0.748 e. The first-order valence-corrected chi connectivity index (χ1v) is 32.6. The molecule has 10 rings (SSSR count). The molecule has 0 bridgehead atoms. The standard InChI is InChI=1S/C61H64N4O11S5/c66-80(67,68)43-11-29-64-58(78-55-27-25-46-13-1-4-17-50(46)60(55)64)22-9-16-49-45-48-15-3-6-19-52(48)62(49)31-33-72-35-37-74-39-41-76-42-40-75-38-36-73-34-32-63-53-20-7-8-21-54(53)77-57(63)23-10-24-59-65(30-12-44-81(69,70)71)61-51-18-5-2-14-47(51)26-28-56(61)79-59/h1-10,13-21,23-28H,11-12,29-45H2,(H-,66,67,68,69,70,71)/b49-16-. The average Bonchev–Trinajstić information content (AvgIpc) is 4.38. The number of benzene rings is 6. The Hall–Kier alpha value is -5.81. The third kappa shape index (κ3) is 15.5. The lowest BCUT2D eigenvalue weighted by Gasteiger charge is -2.21. The number of fused-ring (bicyclic) bond motifs is 8. The van der Waals surface area contributed by atoms with Gasteiger partial charge in [0, 0.05) is 70.9 Å². The number of thiazole rings is 1. The number of rotatable bonds is 29. The van der Waals surface area contributed by atoms with Crippen molar-refractivity contribution in [2.75, 3.05) is 112 Å². The van der Waals surface area contributed by atoms with Crippen LogP contribution in [0.15, 0.2) is 177 Å². The van der Waals surface area contributed by atoms with Gasteiger partial charge < -0.3 is 42.9 Å². The average molecular weight is 1190 g/mol. The Kier molecular flexibility index (Phi) is 20.2. The first kappa shape index (κ1) is 58.4. The normalized spacial score (nSPS) is 15.3. The van der Waals surface area contributed by atoms with Crippen molar-refractivity contribution in [2.24, 2.45) is 0 Å². The number of hydrogen-bond acceptors (Lipinski definition) is 16. The fourth-order valence-corrected chi connectivity index (χ4v) is 14.4. The third-order valence-corrected chi connectivity index (χ3v) is 18.7. The summed E-state index contributed by atoms with van der Waals surface area (Å²) in [6.07, 6.45) is 11.5. The van der Waals surface area contributed by atoms with Crippen LogP contribution in [0.5, 0.6) is 0 Å². The van der Waals surface area contributed by atoms with E-state index in [4.69, 9.17) is 23.7 Å². The van der Waals surface area contributed by atoms with E-state index in [-0.39, 0.29) is 18.6 Å². The Labute approximate surface area is 486 Å². The maximum Gasteiger partial charge on any atom is 0.264 e. The monoisotopic (exact) mass is 1190 g/mol. The van der Waals surface area contributed by atoms with Crippen molar-refractivity contribution in [2.45, 2.75) is 35.6 Å². The number of hydrogen-bond donors (Lipinski definition) is 1. The lowest BCUT2D eigenvalue weighted by molar-refractivity contribution is -0.667. The van der Waals surface area contributed by atoms with Gasteiger partial charge in [0.1, 0.15) is 9.73 Å². The van der Waals surface area contributed by atoms with Gasteiger partial charge in [0.05, 0.1) is 104 Å². The lowest BCUT2D eigenvalue weighted by Crippen LogP contribution is -2.36. The van der Waals surface area contributed by atoms with Crippen molar-refractivity contribution >= 4 is 110 Å². The second kappa shape index (κ2) is 28.0. The molecule has 3 aliphatic rings. The number of nitrogens with zero attached hydrogens (tertiary/aromatic N) is 4. The molecule has 3 aliphatic heterocycles. The number of anilines is 3. The summed E-state index contributed by atoms with van der Waals surface area (Å²) in [6.45, 7) is 6.76. The van der Waals surface area contributed by atoms with Crippen LogP contribution in [0.4, 0.5) is 17.1 Å². The third-order valence-electron chi connectivity index (χ3n) is 13.8. The summed E-state index contributed by atoms with van der Waals surface area (Å²) in [7, 11) is -8.41. The Balaban J connectivity index is 0.618. The van der Waals surface area contributed by atoms with E-state index in [1.165, 1.54) is 10.5 Å². The van der Waals surface area contributed by atoms with Crippen LogP contribution in [0, 0.1) is 0 Å². The molecule has 4 heterocycles. The molecule has 20 heteroatoms. The maximum atomic E-state index is 11.6. The molecule has 81 heavy (non-hydrogen) atoms. The molecule has 1 N–H and O–H groups in total. The zero-order valence-corrected chi connectivity index (χ0v) is 48.8. The van der Waals surface area contributed by atoms with E-state index in [2.05, 4.69) is 122 Å². The van der Waals surface area contributed by atoms with Crippen LogP contribution < -0.4 is 19.3 Å². The first-order valence-electron chi connectivity index (χ1n) is 27.0. The summed E-state index contributed by atoms with van der Waals surface area (Å²) < 4.78 is 99.7. The van der Waals surface area contributed by atoms with Crippen LogP contribution in [-0.4, -0.2) is 123 Å². The minimum absolute atomic E-state index is 0.227. The van der Waals surface area contributed by atoms with Crippen molar-refractivity contribution in [3.05, 3.63) is 178 Å². The Morgan fingerprint density at radius 2 is 1.22 bits per heavy atom. The smallest absolute Gasteiger partial charge is 0.264 e. The van der Waals surface area contributed by atoms with Crippen molar-refractivity contribution in [1.29, 1.82) is 0 Å². The number of aromatic nitrogens is 1. The maximum absolute atomic E-state index is 11.6. The summed E-state index contributed by atoms with van der Waals surface area (Å²) >= 11 is 4.95. The van der Waals surface area contributed by atoms with Gasteiger partial charge in [-0.25, -0.2) is 8.42 Å². The van der Waals surface area contributed by atoms with E-state index in [1.54, 1.807) is 34.9 Å². The Morgan fingerprint density at radius 3 is 1.94 bits per heavy atom. The van der Waals surface area contributed by atoms with Gasteiger partial charge in [-0.05, 0) is 77.4 Å². The van der Waals surface area contributed by atoms with E-state index in [0.29, 0.717) is 92.2 Å². The van der Waals surface area contributed by atoms with Crippen LogP contribution in [-0.2, 0) is 56.9 Å². The fraction of sp³-hybridized carbons (Fsp3) is 0.311. The molecule has 0 saturated carbocycles. The quantitative estimate of drug-likeness (QED) is 0.0203. The second-order valence-corrected chi connectivity index (χ2v) is 25.5. The summed E-state index contributed by atoms with van der Waals surface area (Å²) in [6, 6.07) is 41.4. The van der Waals surface area contributed by atoms with Crippen molar-refractivity contribution in [1.82, 2.24) is 0 Å². The van der Waals surface area contributed by atoms with E-state index >= 15 is 0 Å². The number of thioether (sulfide) groups is 2.